The molecule has 1 fully saturated rings. The van der Waals surface area contributed by atoms with Gasteiger partial charge in [-0.25, -0.2) is 4.98 Å². The normalized spacial score (nSPS) is 22.8. The lowest BCUT2D eigenvalue weighted by Crippen LogP contribution is -2.36. The highest BCUT2D eigenvalue weighted by atomic mass is 16.1. The summed E-state index contributed by atoms with van der Waals surface area (Å²) in [6, 6.07) is 3.99. The van der Waals surface area contributed by atoms with E-state index in [0.29, 0.717) is 17.5 Å². The average Bonchev–Trinajstić information content (AvgIpc) is 2.76. The second-order valence-electron chi connectivity index (χ2n) is 4.95. The first-order valence-electron chi connectivity index (χ1n) is 6.71. The Kier molecular flexibility index (Phi) is 4.18. The van der Waals surface area contributed by atoms with E-state index in [1.807, 2.05) is 19.1 Å². The molecule has 1 aromatic heterocycles. The summed E-state index contributed by atoms with van der Waals surface area (Å²) in [5, 5.41) is 6.21. The maximum atomic E-state index is 12.0. The zero-order valence-corrected chi connectivity index (χ0v) is 11.1. The van der Waals surface area contributed by atoms with E-state index in [2.05, 4.69) is 22.5 Å². The van der Waals surface area contributed by atoms with Crippen LogP contribution in [-0.4, -0.2) is 23.5 Å². The zero-order chi connectivity index (χ0) is 13.0. The number of aromatic nitrogens is 1. The molecule has 0 spiro atoms. The Hall–Kier alpha value is -1.58. The number of amides is 1. The molecule has 0 saturated heterocycles. The van der Waals surface area contributed by atoms with Gasteiger partial charge in [0.15, 0.2) is 0 Å². The summed E-state index contributed by atoms with van der Waals surface area (Å²) in [7, 11) is 0. The summed E-state index contributed by atoms with van der Waals surface area (Å²) < 4.78 is 0. The van der Waals surface area contributed by atoms with E-state index < -0.39 is 0 Å². The molecule has 2 rings (SSSR count). The number of nitrogens with one attached hydrogen (secondary N) is 2. The van der Waals surface area contributed by atoms with Crippen LogP contribution in [0.15, 0.2) is 18.3 Å². The molecule has 0 aliphatic heterocycles. The molecule has 2 unspecified atom stereocenters. The Morgan fingerprint density at radius 3 is 2.83 bits per heavy atom. The van der Waals surface area contributed by atoms with Gasteiger partial charge in [-0.3, -0.25) is 4.79 Å². The third-order valence-corrected chi connectivity index (χ3v) is 3.56. The van der Waals surface area contributed by atoms with E-state index in [9.17, 15) is 4.79 Å². The van der Waals surface area contributed by atoms with Crippen LogP contribution in [0.3, 0.4) is 0 Å². The molecule has 2 N–H and O–H groups in total. The van der Waals surface area contributed by atoms with E-state index in [4.69, 9.17) is 0 Å². The van der Waals surface area contributed by atoms with Crippen LogP contribution in [0.5, 0.6) is 0 Å². The van der Waals surface area contributed by atoms with Crippen molar-refractivity contribution in [1.29, 1.82) is 0 Å². The third kappa shape index (κ3) is 3.00. The zero-order valence-electron chi connectivity index (χ0n) is 11.1. The van der Waals surface area contributed by atoms with Crippen molar-refractivity contribution in [2.24, 2.45) is 5.92 Å². The number of hydrogen-bond donors (Lipinski definition) is 2. The maximum absolute atomic E-state index is 12.0. The fourth-order valence-corrected chi connectivity index (χ4v) is 2.43. The molecule has 0 aromatic carbocycles. The molecule has 1 amide bonds. The lowest BCUT2D eigenvalue weighted by atomic mass is 10.1. The van der Waals surface area contributed by atoms with Crippen molar-refractivity contribution in [1.82, 2.24) is 10.3 Å². The van der Waals surface area contributed by atoms with Crippen LogP contribution in [0.1, 0.15) is 43.5 Å². The van der Waals surface area contributed by atoms with Gasteiger partial charge in [0, 0.05) is 18.8 Å². The number of rotatable bonds is 4. The minimum absolute atomic E-state index is 0.00991. The van der Waals surface area contributed by atoms with Crippen LogP contribution < -0.4 is 10.6 Å². The van der Waals surface area contributed by atoms with Crippen molar-refractivity contribution >= 4 is 11.7 Å². The highest BCUT2D eigenvalue weighted by molar-refractivity contribution is 5.94. The Bertz CT molecular complexity index is 402. The first-order chi connectivity index (χ1) is 8.70. The van der Waals surface area contributed by atoms with Gasteiger partial charge < -0.3 is 10.6 Å². The van der Waals surface area contributed by atoms with Gasteiger partial charge in [-0.05, 0) is 37.8 Å². The molecular weight excluding hydrogens is 226 g/mol. The number of pyridine rings is 1. The fraction of sp³-hybridized carbons (Fsp3) is 0.571. The maximum Gasteiger partial charge on any atom is 0.253 e. The molecule has 0 bridgehead atoms. The van der Waals surface area contributed by atoms with Crippen molar-refractivity contribution in [3.63, 3.8) is 0 Å². The third-order valence-electron chi connectivity index (χ3n) is 3.56. The topological polar surface area (TPSA) is 54.0 Å². The molecule has 4 heteroatoms. The van der Waals surface area contributed by atoms with E-state index in [1.54, 1.807) is 6.20 Å². The minimum Gasteiger partial charge on any atom is -0.370 e. The summed E-state index contributed by atoms with van der Waals surface area (Å²) in [5.41, 5.74) is 0.635. The molecule has 1 aliphatic rings. The van der Waals surface area contributed by atoms with Crippen molar-refractivity contribution in [2.75, 3.05) is 11.9 Å². The van der Waals surface area contributed by atoms with E-state index in [-0.39, 0.29) is 5.91 Å². The molecule has 1 saturated carbocycles. The predicted octanol–water partition coefficient (Wildman–Crippen LogP) is 2.43. The van der Waals surface area contributed by atoms with Gasteiger partial charge in [-0.1, -0.05) is 13.3 Å². The first kappa shape index (κ1) is 12.9. The molecule has 1 aromatic rings. The summed E-state index contributed by atoms with van der Waals surface area (Å²) in [6.45, 7) is 5.05. The summed E-state index contributed by atoms with van der Waals surface area (Å²) in [4.78, 5) is 16.3. The number of carbonyl (C=O) groups excluding carboxylic acids is 1. The van der Waals surface area contributed by atoms with Crippen molar-refractivity contribution in [3.8, 4) is 0 Å². The molecule has 1 heterocycles. The minimum atomic E-state index is -0.00991. The highest BCUT2D eigenvalue weighted by Crippen LogP contribution is 2.25. The lowest BCUT2D eigenvalue weighted by Gasteiger charge is -2.17. The Balaban J connectivity index is 1.96. The lowest BCUT2D eigenvalue weighted by molar-refractivity contribution is 0.0929. The molecule has 2 atom stereocenters. The Morgan fingerprint density at radius 2 is 2.28 bits per heavy atom. The number of carbonyl (C=O) groups is 1. The van der Waals surface area contributed by atoms with Crippen LogP contribution in [0.4, 0.5) is 5.82 Å². The van der Waals surface area contributed by atoms with Crippen LogP contribution in [-0.2, 0) is 0 Å². The standard InChI is InChI=1S/C14H21N3O/c1-3-15-13-8-7-11(9-16-13)14(18)17-12-6-4-5-10(12)2/h7-10,12H,3-6H2,1-2H3,(H,15,16)(H,17,18). The molecule has 1 aliphatic carbocycles. The quantitative estimate of drug-likeness (QED) is 0.859. The Labute approximate surface area is 108 Å². The van der Waals surface area contributed by atoms with Gasteiger partial charge in [0.05, 0.1) is 5.56 Å². The predicted molar refractivity (Wildman–Crippen MR) is 72.7 cm³/mol. The van der Waals surface area contributed by atoms with Gasteiger partial charge in [0.2, 0.25) is 0 Å². The molecule has 0 radical (unpaired) electrons. The van der Waals surface area contributed by atoms with Crippen LogP contribution in [0.25, 0.3) is 0 Å². The van der Waals surface area contributed by atoms with E-state index in [0.717, 1.165) is 18.8 Å². The summed E-state index contributed by atoms with van der Waals surface area (Å²) in [6.07, 6.45) is 5.15. The van der Waals surface area contributed by atoms with Crippen molar-refractivity contribution in [2.45, 2.75) is 39.2 Å². The number of anilines is 1. The van der Waals surface area contributed by atoms with Crippen molar-refractivity contribution < 1.29 is 4.79 Å². The second-order valence-corrected chi connectivity index (χ2v) is 4.95. The van der Waals surface area contributed by atoms with Gasteiger partial charge in [-0.2, -0.15) is 0 Å². The fourth-order valence-electron chi connectivity index (χ4n) is 2.43. The SMILES string of the molecule is CCNc1ccc(C(=O)NC2CCCC2C)cn1. The van der Waals surface area contributed by atoms with Crippen LogP contribution in [0.2, 0.25) is 0 Å². The number of nitrogens with zero attached hydrogens (tertiary/aromatic N) is 1. The highest BCUT2D eigenvalue weighted by Gasteiger charge is 2.25. The van der Waals surface area contributed by atoms with E-state index in [1.165, 1.54) is 12.8 Å². The van der Waals surface area contributed by atoms with Crippen LogP contribution in [0, 0.1) is 5.92 Å². The second kappa shape index (κ2) is 5.85. The molecule has 18 heavy (non-hydrogen) atoms. The monoisotopic (exact) mass is 247 g/mol. The van der Waals surface area contributed by atoms with E-state index >= 15 is 0 Å². The molecule has 4 nitrogen and oxygen atoms in total. The summed E-state index contributed by atoms with van der Waals surface area (Å²) >= 11 is 0. The first-order valence-corrected chi connectivity index (χ1v) is 6.71. The van der Waals surface area contributed by atoms with Gasteiger partial charge in [0.25, 0.3) is 5.91 Å². The van der Waals surface area contributed by atoms with Gasteiger partial charge >= 0.3 is 0 Å². The summed E-state index contributed by atoms with van der Waals surface area (Å²) in [5.74, 6) is 1.38. The number of hydrogen-bond acceptors (Lipinski definition) is 3. The van der Waals surface area contributed by atoms with Crippen molar-refractivity contribution in [3.05, 3.63) is 23.9 Å². The largest absolute Gasteiger partial charge is 0.370 e. The van der Waals surface area contributed by atoms with Gasteiger partial charge in [-0.15, -0.1) is 0 Å². The smallest absolute Gasteiger partial charge is 0.253 e. The van der Waals surface area contributed by atoms with Crippen LogP contribution >= 0.6 is 0 Å². The van der Waals surface area contributed by atoms with Gasteiger partial charge in [0.1, 0.15) is 5.82 Å². The molecular formula is C14H21N3O. The average molecular weight is 247 g/mol. The Morgan fingerprint density at radius 1 is 1.44 bits per heavy atom. The molecule has 98 valence electrons.